The highest BCUT2D eigenvalue weighted by molar-refractivity contribution is 6.21. The fourth-order valence-electron chi connectivity index (χ4n) is 4.29. The Kier molecular flexibility index (Phi) is 5.60. The van der Waals surface area contributed by atoms with Crippen LogP contribution in [0.5, 0.6) is 0 Å². The molecule has 2 aromatic heterocycles. The van der Waals surface area contributed by atoms with E-state index in [1.165, 1.54) is 4.90 Å². The van der Waals surface area contributed by atoms with E-state index in [0.29, 0.717) is 50.1 Å². The summed E-state index contributed by atoms with van der Waals surface area (Å²) in [5.74, 6) is 1.04. The third-order valence-electron chi connectivity index (χ3n) is 6.11. The van der Waals surface area contributed by atoms with Gasteiger partial charge in [-0.2, -0.15) is 0 Å². The Hall–Kier alpha value is -4.01. The average molecular weight is 444 g/mol. The standard InChI is InChI=1S/C24H24N6O3/c31-22(8-5-13-30-23(32)18-6-1-2-7-19(18)24(30)33)29-16-14-28(15-17-29)21-10-9-20(25-26-21)27-11-3-4-12-27/h1-4,6-7,9-12H,5,8,13-17H2. The molecular formula is C24H24N6O3. The maximum absolute atomic E-state index is 12.7. The Morgan fingerprint density at radius 3 is 2.00 bits per heavy atom. The van der Waals surface area contributed by atoms with Gasteiger partial charge in [-0.1, -0.05) is 12.1 Å². The molecule has 3 aromatic rings. The number of carbonyl (C=O) groups is 3. The molecule has 0 spiro atoms. The van der Waals surface area contributed by atoms with E-state index in [0.717, 1.165) is 11.6 Å². The molecule has 0 radical (unpaired) electrons. The van der Waals surface area contributed by atoms with E-state index >= 15 is 0 Å². The summed E-state index contributed by atoms with van der Waals surface area (Å²) in [6.45, 7) is 2.82. The predicted molar refractivity (Wildman–Crippen MR) is 121 cm³/mol. The molecule has 0 aliphatic carbocycles. The summed E-state index contributed by atoms with van der Waals surface area (Å²) in [5.41, 5.74) is 0.879. The summed E-state index contributed by atoms with van der Waals surface area (Å²) in [4.78, 5) is 42.7. The minimum atomic E-state index is -0.277. The predicted octanol–water partition coefficient (Wildman–Crippen LogP) is 1.99. The second kappa shape index (κ2) is 8.85. The van der Waals surface area contributed by atoms with Crippen LogP contribution in [-0.2, 0) is 4.79 Å². The molecule has 3 amide bonds. The van der Waals surface area contributed by atoms with E-state index < -0.39 is 0 Å². The van der Waals surface area contributed by atoms with Crippen LogP contribution in [0.2, 0.25) is 0 Å². The first kappa shape index (κ1) is 20.9. The number of hydrogen-bond donors (Lipinski definition) is 0. The molecule has 5 rings (SSSR count). The molecule has 0 atom stereocenters. The number of rotatable bonds is 6. The first-order chi connectivity index (χ1) is 16.1. The van der Waals surface area contributed by atoms with Gasteiger partial charge in [-0.25, -0.2) is 0 Å². The van der Waals surface area contributed by atoms with E-state index in [9.17, 15) is 14.4 Å². The van der Waals surface area contributed by atoms with E-state index in [1.54, 1.807) is 24.3 Å². The van der Waals surface area contributed by atoms with Crippen molar-refractivity contribution in [3.63, 3.8) is 0 Å². The highest BCUT2D eigenvalue weighted by Crippen LogP contribution is 2.23. The Balaban J connectivity index is 1.09. The third kappa shape index (κ3) is 4.09. The lowest BCUT2D eigenvalue weighted by molar-refractivity contribution is -0.131. The fraction of sp³-hybridized carbons (Fsp3) is 0.292. The molecule has 2 aliphatic rings. The zero-order valence-electron chi connectivity index (χ0n) is 18.1. The van der Waals surface area contributed by atoms with E-state index in [-0.39, 0.29) is 24.3 Å². The molecule has 0 bridgehead atoms. The topological polar surface area (TPSA) is 91.6 Å². The number of carbonyl (C=O) groups excluding carboxylic acids is 3. The number of fused-ring (bicyclic) bond motifs is 1. The second-order valence-electron chi connectivity index (χ2n) is 8.12. The lowest BCUT2D eigenvalue weighted by Crippen LogP contribution is -2.49. The molecule has 9 nitrogen and oxygen atoms in total. The minimum Gasteiger partial charge on any atom is -0.352 e. The molecule has 1 aromatic carbocycles. The number of amides is 3. The van der Waals surface area contributed by atoms with Gasteiger partial charge in [0.15, 0.2) is 11.6 Å². The Morgan fingerprint density at radius 1 is 0.788 bits per heavy atom. The molecule has 33 heavy (non-hydrogen) atoms. The van der Waals surface area contributed by atoms with Crippen LogP contribution in [0.3, 0.4) is 0 Å². The Labute approximate surface area is 191 Å². The van der Waals surface area contributed by atoms with Crippen molar-refractivity contribution < 1.29 is 14.4 Å². The lowest BCUT2D eigenvalue weighted by Gasteiger charge is -2.35. The van der Waals surface area contributed by atoms with Crippen LogP contribution >= 0.6 is 0 Å². The molecular weight excluding hydrogens is 420 g/mol. The van der Waals surface area contributed by atoms with E-state index in [4.69, 9.17) is 0 Å². The first-order valence-electron chi connectivity index (χ1n) is 11.1. The number of benzene rings is 1. The van der Waals surface area contributed by atoms with Crippen LogP contribution in [0, 0.1) is 0 Å². The van der Waals surface area contributed by atoms with Crippen LogP contribution in [0.15, 0.2) is 60.9 Å². The van der Waals surface area contributed by atoms with Crippen LogP contribution in [-0.4, -0.2) is 75.0 Å². The SMILES string of the molecule is O=C(CCCN1C(=O)c2ccccc2C1=O)N1CCN(c2ccc(-n3cccc3)nn2)CC1. The van der Waals surface area contributed by atoms with Gasteiger partial charge in [-0.05, 0) is 42.8 Å². The summed E-state index contributed by atoms with van der Waals surface area (Å²) >= 11 is 0. The molecule has 168 valence electrons. The average Bonchev–Trinajstić information content (AvgIpc) is 3.48. The fourth-order valence-corrected chi connectivity index (χ4v) is 4.29. The van der Waals surface area contributed by atoms with Crippen LogP contribution < -0.4 is 4.90 Å². The number of aromatic nitrogens is 3. The van der Waals surface area contributed by atoms with Gasteiger partial charge in [0.2, 0.25) is 5.91 Å². The quantitative estimate of drug-likeness (QED) is 0.540. The Bertz CT molecular complexity index is 1130. The summed E-state index contributed by atoms with van der Waals surface area (Å²) in [7, 11) is 0. The zero-order valence-corrected chi connectivity index (χ0v) is 18.1. The van der Waals surface area contributed by atoms with Crippen molar-refractivity contribution in [1.29, 1.82) is 0 Å². The molecule has 0 N–H and O–H groups in total. The zero-order chi connectivity index (χ0) is 22.8. The molecule has 9 heteroatoms. The van der Waals surface area contributed by atoms with Crippen molar-refractivity contribution in [3.8, 4) is 5.82 Å². The monoisotopic (exact) mass is 444 g/mol. The molecule has 1 fully saturated rings. The van der Waals surface area contributed by atoms with Gasteiger partial charge in [-0.15, -0.1) is 10.2 Å². The van der Waals surface area contributed by atoms with Crippen LogP contribution in [0.25, 0.3) is 5.82 Å². The van der Waals surface area contributed by atoms with Gasteiger partial charge in [0, 0.05) is 51.5 Å². The van der Waals surface area contributed by atoms with Gasteiger partial charge < -0.3 is 14.4 Å². The largest absolute Gasteiger partial charge is 0.352 e. The molecule has 0 saturated carbocycles. The number of piperazine rings is 1. The summed E-state index contributed by atoms with van der Waals surface area (Å²) in [6, 6.07) is 14.6. The normalized spacial score (nSPS) is 15.8. The van der Waals surface area contributed by atoms with Gasteiger partial charge in [0.05, 0.1) is 11.1 Å². The Morgan fingerprint density at radius 2 is 1.39 bits per heavy atom. The maximum atomic E-state index is 12.7. The molecule has 4 heterocycles. The van der Waals surface area contributed by atoms with Gasteiger partial charge in [-0.3, -0.25) is 19.3 Å². The number of imide groups is 1. The summed E-state index contributed by atoms with van der Waals surface area (Å²) in [5, 5.41) is 8.62. The second-order valence-corrected chi connectivity index (χ2v) is 8.12. The van der Waals surface area contributed by atoms with E-state index in [2.05, 4.69) is 15.1 Å². The highest BCUT2D eigenvalue weighted by Gasteiger charge is 2.34. The minimum absolute atomic E-state index is 0.0419. The first-order valence-corrected chi connectivity index (χ1v) is 11.1. The van der Waals surface area contributed by atoms with Crippen molar-refractivity contribution in [2.45, 2.75) is 12.8 Å². The summed E-state index contributed by atoms with van der Waals surface area (Å²) in [6.07, 6.45) is 4.60. The smallest absolute Gasteiger partial charge is 0.261 e. The number of anilines is 1. The van der Waals surface area contributed by atoms with Crippen LogP contribution in [0.1, 0.15) is 33.6 Å². The summed E-state index contributed by atoms with van der Waals surface area (Å²) < 4.78 is 1.90. The van der Waals surface area contributed by atoms with Crippen LogP contribution in [0.4, 0.5) is 5.82 Å². The maximum Gasteiger partial charge on any atom is 0.261 e. The van der Waals surface area contributed by atoms with Gasteiger partial charge in [0.1, 0.15) is 0 Å². The lowest BCUT2D eigenvalue weighted by atomic mass is 10.1. The van der Waals surface area contributed by atoms with Crippen molar-refractivity contribution in [2.75, 3.05) is 37.6 Å². The van der Waals surface area contributed by atoms with Crippen molar-refractivity contribution >= 4 is 23.5 Å². The number of nitrogens with zero attached hydrogens (tertiary/aromatic N) is 6. The highest BCUT2D eigenvalue weighted by atomic mass is 16.2. The number of hydrogen-bond acceptors (Lipinski definition) is 6. The van der Waals surface area contributed by atoms with Gasteiger partial charge in [0.25, 0.3) is 11.8 Å². The van der Waals surface area contributed by atoms with Crippen molar-refractivity contribution in [3.05, 3.63) is 72.1 Å². The molecule has 1 saturated heterocycles. The molecule has 0 unspecified atom stereocenters. The van der Waals surface area contributed by atoms with Gasteiger partial charge >= 0.3 is 0 Å². The van der Waals surface area contributed by atoms with Crippen molar-refractivity contribution in [1.82, 2.24) is 24.6 Å². The third-order valence-corrected chi connectivity index (χ3v) is 6.11. The molecule has 2 aliphatic heterocycles. The van der Waals surface area contributed by atoms with E-state index in [1.807, 2.05) is 46.1 Å². The van der Waals surface area contributed by atoms with Crippen molar-refractivity contribution in [2.24, 2.45) is 0 Å².